The van der Waals surface area contributed by atoms with E-state index in [0.29, 0.717) is 19.7 Å². The molecule has 0 saturated carbocycles. The zero-order valence-corrected chi connectivity index (χ0v) is 13.9. The van der Waals surface area contributed by atoms with Crippen molar-refractivity contribution < 1.29 is 9.53 Å². The second-order valence-electron chi connectivity index (χ2n) is 5.76. The average molecular weight is 340 g/mol. The number of nitrogens with zero attached hydrogens (tertiary/aromatic N) is 6. The van der Waals surface area contributed by atoms with Crippen molar-refractivity contribution in [2.45, 2.75) is 6.54 Å². The first-order chi connectivity index (χ1) is 12.2. The zero-order chi connectivity index (χ0) is 17.5. The van der Waals surface area contributed by atoms with Crippen LogP contribution in [0.25, 0.3) is 0 Å². The molecule has 1 amide bonds. The molecule has 2 heterocycles. The largest absolute Gasteiger partial charge is 0.492 e. The van der Waals surface area contributed by atoms with E-state index in [2.05, 4.69) is 15.0 Å². The monoisotopic (exact) mass is 340 g/mol. The summed E-state index contributed by atoms with van der Waals surface area (Å²) in [5.41, 5.74) is 0. The van der Waals surface area contributed by atoms with E-state index in [9.17, 15) is 4.79 Å². The number of ether oxygens (including phenoxy) is 1. The smallest absolute Gasteiger partial charge is 0.252 e. The molecular formula is C17H20N6O2. The molecule has 0 aliphatic carbocycles. The number of rotatable bonds is 6. The number of hydrogen-bond donors (Lipinski definition) is 0. The van der Waals surface area contributed by atoms with E-state index in [-0.39, 0.29) is 18.3 Å². The van der Waals surface area contributed by atoms with Crippen molar-refractivity contribution in [2.75, 3.05) is 39.3 Å². The molecule has 1 aromatic heterocycles. The van der Waals surface area contributed by atoms with E-state index in [0.717, 1.165) is 25.4 Å². The molecule has 8 heteroatoms. The lowest BCUT2D eigenvalue weighted by Gasteiger charge is -2.34. The van der Waals surface area contributed by atoms with Gasteiger partial charge in [-0.3, -0.25) is 9.69 Å². The van der Waals surface area contributed by atoms with Crippen molar-refractivity contribution in [3.63, 3.8) is 0 Å². The Morgan fingerprint density at radius 2 is 1.96 bits per heavy atom. The summed E-state index contributed by atoms with van der Waals surface area (Å²) < 4.78 is 7.11. The van der Waals surface area contributed by atoms with E-state index in [1.54, 1.807) is 0 Å². The van der Waals surface area contributed by atoms with Gasteiger partial charge in [0.05, 0.1) is 0 Å². The highest BCUT2D eigenvalue weighted by Crippen LogP contribution is 2.09. The molecule has 1 aromatic carbocycles. The maximum atomic E-state index is 12.3. The third kappa shape index (κ3) is 4.78. The van der Waals surface area contributed by atoms with Crippen LogP contribution in [0.2, 0.25) is 0 Å². The van der Waals surface area contributed by atoms with Crippen LogP contribution in [0.1, 0.15) is 5.82 Å². The van der Waals surface area contributed by atoms with Gasteiger partial charge in [-0.2, -0.15) is 5.26 Å². The molecule has 130 valence electrons. The molecule has 1 fully saturated rings. The van der Waals surface area contributed by atoms with Crippen molar-refractivity contribution in [2.24, 2.45) is 0 Å². The molecule has 0 radical (unpaired) electrons. The summed E-state index contributed by atoms with van der Waals surface area (Å²) in [7, 11) is 0. The average Bonchev–Trinajstić information content (AvgIpc) is 3.11. The normalized spacial score (nSPS) is 14.9. The minimum Gasteiger partial charge on any atom is -0.492 e. The highest BCUT2D eigenvalue weighted by Gasteiger charge is 2.21. The summed E-state index contributed by atoms with van der Waals surface area (Å²) >= 11 is 0. The maximum Gasteiger partial charge on any atom is 0.252 e. The van der Waals surface area contributed by atoms with Crippen molar-refractivity contribution >= 4 is 5.91 Å². The van der Waals surface area contributed by atoms with Crippen LogP contribution in [0.15, 0.2) is 36.7 Å². The number of para-hydroxylation sites is 1. The third-order valence-electron chi connectivity index (χ3n) is 4.08. The molecule has 3 rings (SSSR count). The Morgan fingerprint density at radius 1 is 1.20 bits per heavy atom. The van der Waals surface area contributed by atoms with Gasteiger partial charge in [0.2, 0.25) is 5.91 Å². The molecule has 0 N–H and O–H groups in total. The first-order valence-corrected chi connectivity index (χ1v) is 8.22. The molecular weight excluding hydrogens is 320 g/mol. The molecule has 0 unspecified atom stereocenters. The molecule has 1 saturated heterocycles. The SMILES string of the molecule is N#Cc1ncn(CC(=O)N2CCN(CCOc3ccccc3)CC2)n1. The van der Waals surface area contributed by atoms with E-state index in [1.807, 2.05) is 41.3 Å². The Bertz CT molecular complexity index is 731. The van der Waals surface area contributed by atoms with Gasteiger partial charge in [-0.25, -0.2) is 9.67 Å². The number of piperazine rings is 1. The number of aromatic nitrogens is 3. The molecule has 2 aromatic rings. The van der Waals surface area contributed by atoms with Gasteiger partial charge >= 0.3 is 0 Å². The fourth-order valence-electron chi connectivity index (χ4n) is 2.69. The molecule has 8 nitrogen and oxygen atoms in total. The summed E-state index contributed by atoms with van der Waals surface area (Å²) in [6.07, 6.45) is 1.41. The van der Waals surface area contributed by atoms with Gasteiger partial charge in [-0.1, -0.05) is 18.2 Å². The van der Waals surface area contributed by atoms with Gasteiger partial charge in [0.1, 0.15) is 31.3 Å². The van der Waals surface area contributed by atoms with Crippen LogP contribution in [0.5, 0.6) is 5.75 Å². The van der Waals surface area contributed by atoms with E-state index < -0.39 is 0 Å². The Kier molecular flexibility index (Phi) is 5.59. The summed E-state index contributed by atoms with van der Waals surface area (Å²) in [4.78, 5) is 20.2. The molecule has 0 bridgehead atoms. The second kappa shape index (κ2) is 8.26. The van der Waals surface area contributed by atoms with Crippen LogP contribution in [0.4, 0.5) is 0 Å². The lowest BCUT2D eigenvalue weighted by atomic mass is 10.3. The molecule has 0 atom stereocenters. The summed E-state index contributed by atoms with van der Waals surface area (Å²) in [5.74, 6) is 0.950. The van der Waals surface area contributed by atoms with Crippen LogP contribution in [0.3, 0.4) is 0 Å². The minimum absolute atomic E-state index is 0.00502. The van der Waals surface area contributed by atoms with Gasteiger partial charge < -0.3 is 9.64 Å². The molecule has 0 spiro atoms. The van der Waals surface area contributed by atoms with Crippen LogP contribution in [-0.4, -0.2) is 69.8 Å². The van der Waals surface area contributed by atoms with Crippen LogP contribution >= 0.6 is 0 Å². The highest BCUT2D eigenvalue weighted by molar-refractivity contribution is 5.76. The predicted octanol–water partition coefficient (Wildman–Crippen LogP) is 0.373. The third-order valence-corrected chi connectivity index (χ3v) is 4.08. The zero-order valence-electron chi connectivity index (χ0n) is 13.9. The number of nitriles is 1. The Morgan fingerprint density at radius 3 is 2.64 bits per heavy atom. The van der Waals surface area contributed by atoms with Gasteiger partial charge in [0.25, 0.3) is 5.82 Å². The van der Waals surface area contributed by atoms with E-state index in [1.165, 1.54) is 11.0 Å². The van der Waals surface area contributed by atoms with Crippen molar-refractivity contribution in [3.8, 4) is 11.8 Å². The van der Waals surface area contributed by atoms with Gasteiger partial charge in [0, 0.05) is 32.7 Å². The summed E-state index contributed by atoms with van der Waals surface area (Å²) in [6.45, 7) is 4.61. The van der Waals surface area contributed by atoms with Crippen LogP contribution in [0, 0.1) is 11.3 Å². The number of carbonyl (C=O) groups excluding carboxylic acids is 1. The summed E-state index contributed by atoms with van der Waals surface area (Å²) in [5, 5.41) is 12.6. The van der Waals surface area contributed by atoms with Crippen molar-refractivity contribution in [3.05, 3.63) is 42.5 Å². The minimum atomic E-state index is -0.00502. The quantitative estimate of drug-likeness (QED) is 0.755. The van der Waals surface area contributed by atoms with Crippen LogP contribution < -0.4 is 4.74 Å². The highest BCUT2D eigenvalue weighted by atomic mass is 16.5. The first kappa shape index (κ1) is 16.9. The lowest BCUT2D eigenvalue weighted by Crippen LogP contribution is -2.50. The number of amides is 1. The van der Waals surface area contributed by atoms with Crippen molar-refractivity contribution in [1.82, 2.24) is 24.6 Å². The number of hydrogen-bond acceptors (Lipinski definition) is 6. The molecule has 1 aliphatic rings. The van der Waals surface area contributed by atoms with E-state index >= 15 is 0 Å². The van der Waals surface area contributed by atoms with Gasteiger partial charge in [0.15, 0.2) is 0 Å². The molecule has 25 heavy (non-hydrogen) atoms. The Balaban J connectivity index is 1.38. The van der Waals surface area contributed by atoms with Gasteiger partial charge in [-0.15, -0.1) is 5.10 Å². The summed E-state index contributed by atoms with van der Waals surface area (Å²) in [6, 6.07) is 11.6. The number of benzene rings is 1. The Labute approximate surface area is 146 Å². The van der Waals surface area contributed by atoms with Gasteiger partial charge in [-0.05, 0) is 12.1 Å². The standard InChI is InChI=1S/C17H20N6O2/c18-12-16-19-14-23(20-16)13-17(24)22-8-6-21(7-9-22)10-11-25-15-4-2-1-3-5-15/h1-5,14H,6-11,13H2. The first-order valence-electron chi connectivity index (χ1n) is 8.22. The maximum absolute atomic E-state index is 12.3. The fourth-order valence-corrected chi connectivity index (χ4v) is 2.69. The lowest BCUT2D eigenvalue weighted by molar-refractivity contribution is -0.133. The fraction of sp³-hybridized carbons (Fsp3) is 0.412. The Hall–Kier alpha value is -2.92. The van der Waals surface area contributed by atoms with Crippen molar-refractivity contribution in [1.29, 1.82) is 5.26 Å². The van der Waals surface area contributed by atoms with E-state index in [4.69, 9.17) is 10.00 Å². The topological polar surface area (TPSA) is 87.3 Å². The second-order valence-corrected chi connectivity index (χ2v) is 5.76. The van der Waals surface area contributed by atoms with Crippen LogP contribution in [-0.2, 0) is 11.3 Å². The predicted molar refractivity (Wildman–Crippen MR) is 89.7 cm³/mol. The number of carbonyl (C=O) groups is 1. The molecule has 1 aliphatic heterocycles.